The number of carbonyl (C=O) groups is 1. The highest BCUT2D eigenvalue weighted by molar-refractivity contribution is 5.67. The Morgan fingerprint density at radius 1 is 1.08 bits per heavy atom. The number of nitrogens with one attached hydrogen (secondary N) is 1. The van der Waals surface area contributed by atoms with E-state index in [0.29, 0.717) is 17.4 Å². The highest BCUT2D eigenvalue weighted by Crippen LogP contribution is 2.67. The second kappa shape index (κ2) is 11.6. The molecule has 214 valence electrons. The predicted octanol–water partition coefficient (Wildman–Crippen LogP) is 9.17. The van der Waals surface area contributed by atoms with Gasteiger partial charge in [0.25, 0.3) is 0 Å². The molecule has 3 heteroatoms. The molecule has 0 aromatic rings. The molecule has 0 saturated heterocycles. The molecule has 3 fully saturated rings. The SMILES string of the molecule is CC(C)CCCC(C)[C@H]1CC[C@H]2[C@@H]3CC=C4CC(OC(=O)NCC#CC(C)(C)C)CC[C@]4(C)[C@H]3CC[C@]12C. The molecule has 1 amide bonds. The van der Waals surface area contributed by atoms with Gasteiger partial charge in [0.1, 0.15) is 6.10 Å². The van der Waals surface area contributed by atoms with Gasteiger partial charge in [0.05, 0.1) is 6.54 Å². The smallest absolute Gasteiger partial charge is 0.408 e. The number of rotatable bonds is 7. The number of fused-ring (bicyclic) bond motifs is 5. The molecule has 1 N–H and O–H groups in total. The minimum absolute atomic E-state index is 0.00198. The van der Waals surface area contributed by atoms with E-state index in [4.69, 9.17) is 4.74 Å². The summed E-state index contributed by atoms with van der Waals surface area (Å²) in [5.74, 6) is 11.4. The molecular formula is C35H57NO2. The van der Waals surface area contributed by atoms with Crippen LogP contribution >= 0.6 is 0 Å². The minimum atomic E-state index is -0.316. The fourth-order valence-electron chi connectivity index (χ4n) is 9.37. The topological polar surface area (TPSA) is 38.3 Å². The highest BCUT2D eigenvalue weighted by atomic mass is 16.6. The standard InChI is InChI=1S/C35H57NO2/c1-24(2)11-9-12-25(3)29-15-16-30-28-14-13-26-23-27(38-32(37)36-22-10-19-33(4,5)6)17-20-34(26,7)31(28)18-21-35(29,30)8/h13,24-25,27-31H,9,11-12,14-18,20-23H2,1-8H3,(H,36,37)/t25?,27?,28-,29+,30-,31-,34-,35+/m0/s1. The number of alkyl carbamates (subject to hydrolysis) is 1. The summed E-state index contributed by atoms with van der Waals surface area (Å²) in [6.07, 6.45) is 16.5. The first-order valence-electron chi connectivity index (χ1n) is 16.0. The van der Waals surface area contributed by atoms with E-state index in [0.717, 1.165) is 54.8 Å². The third-order valence-electron chi connectivity index (χ3n) is 11.3. The molecule has 0 aromatic heterocycles. The van der Waals surface area contributed by atoms with Crippen molar-refractivity contribution in [1.82, 2.24) is 5.32 Å². The Balaban J connectivity index is 1.36. The molecule has 0 aromatic carbocycles. The Hall–Kier alpha value is -1.43. The van der Waals surface area contributed by atoms with Gasteiger partial charge in [0.2, 0.25) is 0 Å². The summed E-state index contributed by atoms with van der Waals surface area (Å²) in [7, 11) is 0. The second-order valence-electron chi connectivity index (χ2n) is 15.5. The van der Waals surface area contributed by atoms with Crippen molar-refractivity contribution in [2.75, 3.05) is 6.54 Å². The van der Waals surface area contributed by atoms with Crippen LogP contribution in [0.25, 0.3) is 0 Å². The van der Waals surface area contributed by atoms with E-state index in [1.54, 1.807) is 5.57 Å². The molecule has 8 atom stereocenters. The first kappa shape index (κ1) is 29.6. The molecule has 2 unspecified atom stereocenters. The van der Waals surface area contributed by atoms with Gasteiger partial charge in [0.15, 0.2) is 0 Å². The van der Waals surface area contributed by atoms with Gasteiger partial charge in [0, 0.05) is 11.8 Å². The van der Waals surface area contributed by atoms with Crippen molar-refractivity contribution in [2.45, 2.75) is 132 Å². The molecule has 0 aliphatic heterocycles. The van der Waals surface area contributed by atoms with Gasteiger partial charge < -0.3 is 10.1 Å². The van der Waals surface area contributed by atoms with E-state index in [9.17, 15) is 4.79 Å². The van der Waals surface area contributed by atoms with Crippen molar-refractivity contribution in [3.8, 4) is 11.8 Å². The van der Waals surface area contributed by atoms with Crippen LogP contribution in [0.2, 0.25) is 0 Å². The maximum atomic E-state index is 12.4. The number of hydrogen-bond acceptors (Lipinski definition) is 2. The van der Waals surface area contributed by atoms with E-state index in [2.05, 4.69) is 78.6 Å². The molecule has 4 aliphatic carbocycles. The molecule has 0 spiro atoms. The van der Waals surface area contributed by atoms with Crippen LogP contribution in [-0.4, -0.2) is 18.7 Å². The lowest BCUT2D eigenvalue weighted by atomic mass is 9.47. The first-order chi connectivity index (χ1) is 17.8. The second-order valence-corrected chi connectivity index (χ2v) is 15.5. The number of hydrogen-bond donors (Lipinski definition) is 1. The van der Waals surface area contributed by atoms with Crippen molar-refractivity contribution in [3.63, 3.8) is 0 Å². The number of allylic oxidation sites excluding steroid dienone is 1. The molecular weight excluding hydrogens is 466 g/mol. The van der Waals surface area contributed by atoms with Crippen LogP contribution in [0.15, 0.2) is 11.6 Å². The highest BCUT2D eigenvalue weighted by Gasteiger charge is 2.59. The van der Waals surface area contributed by atoms with Crippen LogP contribution in [0.3, 0.4) is 0 Å². The zero-order valence-corrected chi connectivity index (χ0v) is 25.9. The number of amides is 1. The maximum Gasteiger partial charge on any atom is 0.408 e. The van der Waals surface area contributed by atoms with Gasteiger partial charge in [-0.05, 0) is 112 Å². The summed E-state index contributed by atoms with van der Waals surface area (Å²) in [5, 5.41) is 2.84. The Morgan fingerprint density at radius 3 is 2.55 bits per heavy atom. The van der Waals surface area contributed by atoms with Gasteiger partial charge in [-0.1, -0.05) is 77.4 Å². The Labute approximate surface area is 234 Å². The van der Waals surface area contributed by atoms with E-state index in [1.807, 2.05) is 0 Å². The van der Waals surface area contributed by atoms with Crippen LogP contribution in [0.1, 0.15) is 126 Å². The van der Waals surface area contributed by atoms with Crippen molar-refractivity contribution in [3.05, 3.63) is 11.6 Å². The van der Waals surface area contributed by atoms with E-state index in [-0.39, 0.29) is 17.6 Å². The van der Waals surface area contributed by atoms with Crippen LogP contribution in [0.5, 0.6) is 0 Å². The van der Waals surface area contributed by atoms with E-state index in [1.165, 1.54) is 51.4 Å². The average molecular weight is 524 g/mol. The monoisotopic (exact) mass is 523 g/mol. The van der Waals surface area contributed by atoms with Crippen molar-refractivity contribution < 1.29 is 9.53 Å². The van der Waals surface area contributed by atoms with Crippen LogP contribution in [0, 0.1) is 63.6 Å². The lowest BCUT2D eigenvalue weighted by molar-refractivity contribution is -0.0581. The molecule has 4 rings (SSSR count). The fourth-order valence-corrected chi connectivity index (χ4v) is 9.37. The lowest BCUT2D eigenvalue weighted by Gasteiger charge is -2.58. The van der Waals surface area contributed by atoms with Gasteiger partial charge in [-0.25, -0.2) is 4.79 Å². The van der Waals surface area contributed by atoms with Crippen LogP contribution < -0.4 is 5.32 Å². The third-order valence-corrected chi connectivity index (χ3v) is 11.3. The maximum absolute atomic E-state index is 12.4. The van der Waals surface area contributed by atoms with Crippen LogP contribution in [0.4, 0.5) is 4.79 Å². The summed E-state index contributed by atoms with van der Waals surface area (Å²) in [6, 6.07) is 0. The third kappa shape index (κ3) is 6.31. The first-order valence-corrected chi connectivity index (χ1v) is 16.0. The summed E-state index contributed by atoms with van der Waals surface area (Å²) in [5.41, 5.74) is 2.36. The van der Waals surface area contributed by atoms with Gasteiger partial charge in [-0.3, -0.25) is 0 Å². The van der Waals surface area contributed by atoms with Crippen molar-refractivity contribution in [1.29, 1.82) is 0 Å². The zero-order chi connectivity index (χ0) is 27.7. The molecule has 3 nitrogen and oxygen atoms in total. The quantitative estimate of drug-likeness (QED) is 0.267. The van der Waals surface area contributed by atoms with Gasteiger partial charge in [-0.2, -0.15) is 0 Å². The summed E-state index contributed by atoms with van der Waals surface area (Å²) < 4.78 is 5.87. The summed E-state index contributed by atoms with van der Waals surface area (Å²) in [6.45, 7) is 19.1. The summed E-state index contributed by atoms with van der Waals surface area (Å²) in [4.78, 5) is 12.4. The normalized spacial score (nSPS) is 37.2. The average Bonchev–Trinajstić information content (AvgIpc) is 3.18. The number of ether oxygens (including phenoxy) is 1. The largest absolute Gasteiger partial charge is 0.446 e. The minimum Gasteiger partial charge on any atom is -0.446 e. The Kier molecular flexibility index (Phi) is 9.01. The van der Waals surface area contributed by atoms with Gasteiger partial charge >= 0.3 is 6.09 Å². The Bertz CT molecular complexity index is 932. The Morgan fingerprint density at radius 2 is 1.84 bits per heavy atom. The van der Waals surface area contributed by atoms with E-state index < -0.39 is 0 Å². The molecule has 0 radical (unpaired) electrons. The van der Waals surface area contributed by atoms with E-state index >= 15 is 0 Å². The van der Waals surface area contributed by atoms with Gasteiger partial charge in [-0.15, -0.1) is 0 Å². The molecule has 0 bridgehead atoms. The van der Waals surface area contributed by atoms with Crippen molar-refractivity contribution >= 4 is 6.09 Å². The van der Waals surface area contributed by atoms with Crippen molar-refractivity contribution in [2.24, 2.45) is 51.8 Å². The lowest BCUT2D eigenvalue weighted by Crippen LogP contribution is -2.51. The molecule has 38 heavy (non-hydrogen) atoms. The molecule has 3 saturated carbocycles. The van der Waals surface area contributed by atoms with Crippen LogP contribution in [-0.2, 0) is 4.74 Å². The number of carbonyl (C=O) groups excluding carboxylic acids is 1. The molecule has 4 aliphatic rings. The molecule has 0 heterocycles. The fraction of sp³-hybridized carbons (Fsp3) is 0.857. The zero-order valence-electron chi connectivity index (χ0n) is 25.9. The summed E-state index contributed by atoms with van der Waals surface area (Å²) >= 11 is 0. The predicted molar refractivity (Wildman–Crippen MR) is 159 cm³/mol.